The number of nitrogens with zero attached hydrogens (tertiary/aromatic N) is 1. The molecule has 0 heterocycles. The highest BCUT2D eigenvalue weighted by molar-refractivity contribution is 5.69. The number of hydrogen-bond acceptors (Lipinski definition) is 6. The highest BCUT2D eigenvalue weighted by atomic mass is 16.6. The van der Waals surface area contributed by atoms with Crippen LogP contribution in [0.4, 0.5) is 0 Å². The van der Waals surface area contributed by atoms with Crippen LogP contribution in [0.2, 0.25) is 0 Å². The monoisotopic (exact) mass is 255 g/mol. The molecule has 7 nitrogen and oxygen atoms in total. The third-order valence-corrected chi connectivity index (χ3v) is 2.31. The largest absolute Gasteiger partial charge is 0.427 e. The van der Waals surface area contributed by atoms with Crippen molar-refractivity contribution in [3.8, 4) is 5.75 Å². The van der Waals surface area contributed by atoms with Crippen LogP contribution in [0.3, 0.4) is 0 Å². The second-order valence-corrected chi connectivity index (χ2v) is 3.64. The van der Waals surface area contributed by atoms with Crippen molar-refractivity contribution < 1.29 is 24.7 Å². The van der Waals surface area contributed by atoms with Gasteiger partial charge in [0.25, 0.3) is 6.04 Å². The Balaban J connectivity index is 2.84. The number of hydrogen-bond donors (Lipinski definition) is 2. The fraction of sp³-hybridized carbons (Fsp3) is 0.364. The molecule has 2 unspecified atom stereocenters. The van der Waals surface area contributed by atoms with Gasteiger partial charge in [-0.15, -0.1) is 0 Å². The molecule has 0 saturated heterocycles. The Bertz CT molecular complexity index is 430. The second-order valence-electron chi connectivity index (χ2n) is 3.64. The van der Waals surface area contributed by atoms with Crippen LogP contribution >= 0.6 is 0 Å². The lowest BCUT2D eigenvalue weighted by molar-refractivity contribution is -0.539. The molecule has 18 heavy (non-hydrogen) atoms. The molecule has 7 heteroatoms. The van der Waals surface area contributed by atoms with Gasteiger partial charge in [-0.05, 0) is 17.7 Å². The fourth-order valence-corrected chi connectivity index (χ4v) is 1.40. The summed E-state index contributed by atoms with van der Waals surface area (Å²) in [7, 11) is 0. The van der Waals surface area contributed by atoms with Crippen LogP contribution in [0, 0.1) is 10.1 Å². The van der Waals surface area contributed by atoms with E-state index in [0.29, 0.717) is 0 Å². The normalized spacial score (nSPS) is 13.7. The molecule has 0 fully saturated rings. The Kier molecular flexibility index (Phi) is 4.75. The molecule has 0 aromatic heterocycles. The molecular formula is C11H13NO6. The van der Waals surface area contributed by atoms with Gasteiger partial charge in [0.1, 0.15) is 18.5 Å². The zero-order valence-electron chi connectivity index (χ0n) is 9.65. The van der Waals surface area contributed by atoms with Crippen LogP contribution < -0.4 is 4.74 Å². The first-order valence-electron chi connectivity index (χ1n) is 5.16. The molecule has 0 radical (unpaired) electrons. The Hall–Kier alpha value is -1.99. The van der Waals surface area contributed by atoms with Crippen LogP contribution in [-0.4, -0.2) is 33.8 Å². The Morgan fingerprint density at radius 1 is 1.44 bits per heavy atom. The Morgan fingerprint density at radius 2 is 2.00 bits per heavy atom. The van der Waals surface area contributed by atoms with E-state index in [4.69, 9.17) is 9.84 Å². The van der Waals surface area contributed by atoms with Gasteiger partial charge >= 0.3 is 5.97 Å². The minimum atomic E-state index is -1.48. The molecule has 1 aromatic rings. The lowest BCUT2D eigenvalue weighted by atomic mass is 10.0. The predicted octanol–water partition coefficient (Wildman–Crippen LogP) is 0.283. The summed E-state index contributed by atoms with van der Waals surface area (Å²) in [5.74, 6) is -0.207. The second kappa shape index (κ2) is 6.08. The fourth-order valence-electron chi connectivity index (χ4n) is 1.40. The van der Waals surface area contributed by atoms with Gasteiger partial charge < -0.3 is 14.9 Å². The number of carbonyl (C=O) groups excluding carboxylic acids is 1. The summed E-state index contributed by atoms with van der Waals surface area (Å²) in [6.07, 6.45) is -1.42. The molecule has 0 aliphatic rings. The standard InChI is InChI=1S/C11H13NO6/c1-7(14)18-9-4-2-8(3-5-9)11(15)10(6-13)12(16)17/h2-5,10-11,13,15H,6H2,1H3. The summed E-state index contributed by atoms with van der Waals surface area (Å²) < 4.78 is 4.78. The lowest BCUT2D eigenvalue weighted by Gasteiger charge is -2.14. The third kappa shape index (κ3) is 3.51. The van der Waals surface area contributed by atoms with Gasteiger partial charge in [-0.3, -0.25) is 14.9 Å². The Morgan fingerprint density at radius 3 is 2.39 bits per heavy atom. The van der Waals surface area contributed by atoms with Crippen LogP contribution in [-0.2, 0) is 4.79 Å². The molecule has 0 aliphatic heterocycles. The maximum atomic E-state index is 10.7. The van der Waals surface area contributed by atoms with Crippen molar-refractivity contribution in [1.82, 2.24) is 0 Å². The van der Waals surface area contributed by atoms with E-state index in [1.807, 2.05) is 0 Å². The van der Waals surface area contributed by atoms with E-state index in [1.54, 1.807) is 0 Å². The molecule has 2 N–H and O–H groups in total. The summed E-state index contributed by atoms with van der Waals surface area (Å²) in [5, 5.41) is 29.1. The maximum absolute atomic E-state index is 10.7. The molecule has 1 aromatic carbocycles. The molecule has 1 rings (SSSR count). The van der Waals surface area contributed by atoms with E-state index >= 15 is 0 Å². The SMILES string of the molecule is CC(=O)Oc1ccc(C(O)C(CO)[N+](=O)[O-])cc1. The van der Waals surface area contributed by atoms with Crippen molar-refractivity contribution in [3.05, 3.63) is 39.9 Å². The number of rotatable bonds is 5. The van der Waals surface area contributed by atoms with E-state index in [-0.39, 0.29) is 11.3 Å². The van der Waals surface area contributed by atoms with E-state index in [1.165, 1.54) is 31.2 Å². The summed E-state index contributed by atoms with van der Waals surface area (Å²) in [5.41, 5.74) is 0.265. The molecule has 0 saturated carbocycles. The Labute approximate surface area is 103 Å². The molecule has 98 valence electrons. The van der Waals surface area contributed by atoms with Crippen LogP contribution in [0.15, 0.2) is 24.3 Å². The molecule has 0 spiro atoms. The highest BCUT2D eigenvalue weighted by Crippen LogP contribution is 2.21. The number of aliphatic hydroxyl groups is 2. The van der Waals surface area contributed by atoms with Gasteiger partial charge in [0.15, 0.2) is 0 Å². The quantitative estimate of drug-likeness (QED) is 0.338. The van der Waals surface area contributed by atoms with Crippen molar-refractivity contribution in [1.29, 1.82) is 0 Å². The number of esters is 1. The summed E-state index contributed by atoms with van der Waals surface area (Å²) >= 11 is 0. The van der Waals surface area contributed by atoms with Crippen LogP contribution in [0.5, 0.6) is 5.75 Å². The van der Waals surface area contributed by atoms with E-state index < -0.39 is 29.6 Å². The van der Waals surface area contributed by atoms with E-state index in [0.717, 1.165) is 0 Å². The number of carbonyl (C=O) groups is 1. The number of aliphatic hydroxyl groups excluding tert-OH is 2. The number of benzene rings is 1. The molecule has 0 bridgehead atoms. The van der Waals surface area contributed by atoms with Crippen molar-refractivity contribution in [2.45, 2.75) is 19.1 Å². The zero-order chi connectivity index (χ0) is 13.7. The number of nitro groups is 1. The third-order valence-electron chi connectivity index (χ3n) is 2.31. The van der Waals surface area contributed by atoms with Gasteiger partial charge in [-0.1, -0.05) is 12.1 Å². The summed E-state index contributed by atoms with van der Waals surface area (Å²) in [6, 6.07) is 4.14. The average molecular weight is 255 g/mol. The van der Waals surface area contributed by atoms with Gasteiger partial charge in [0.05, 0.1) is 0 Å². The zero-order valence-corrected chi connectivity index (χ0v) is 9.65. The molecule has 2 atom stereocenters. The van der Waals surface area contributed by atoms with Crippen molar-refractivity contribution >= 4 is 5.97 Å². The van der Waals surface area contributed by atoms with Crippen molar-refractivity contribution in [3.63, 3.8) is 0 Å². The first-order valence-corrected chi connectivity index (χ1v) is 5.16. The maximum Gasteiger partial charge on any atom is 0.308 e. The van der Waals surface area contributed by atoms with Gasteiger partial charge in [-0.2, -0.15) is 0 Å². The van der Waals surface area contributed by atoms with Crippen LogP contribution in [0.25, 0.3) is 0 Å². The van der Waals surface area contributed by atoms with Gasteiger partial charge in [-0.25, -0.2) is 0 Å². The molecular weight excluding hydrogens is 242 g/mol. The molecule has 0 aliphatic carbocycles. The average Bonchev–Trinajstić information content (AvgIpc) is 2.29. The van der Waals surface area contributed by atoms with E-state index in [9.17, 15) is 20.0 Å². The van der Waals surface area contributed by atoms with E-state index in [2.05, 4.69) is 0 Å². The first-order chi connectivity index (χ1) is 8.45. The topological polar surface area (TPSA) is 110 Å². The van der Waals surface area contributed by atoms with Crippen LogP contribution in [0.1, 0.15) is 18.6 Å². The first kappa shape index (κ1) is 14.1. The summed E-state index contributed by atoms with van der Waals surface area (Å²) in [4.78, 5) is 20.5. The minimum absolute atomic E-state index is 0.265. The van der Waals surface area contributed by atoms with Gasteiger partial charge in [0, 0.05) is 11.8 Å². The minimum Gasteiger partial charge on any atom is -0.427 e. The van der Waals surface area contributed by atoms with Gasteiger partial charge in [0.2, 0.25) is 0 Å². The van der Waals surface area contributed by atoms with Crippen molar-refractivity contribution in [2.24, 2.45) is 0 Å². The highest BCUT2D eigenvalue weighted by Gasteiger charge is 2.30. The smallest absolute Gasteiger partial charge is 0.308 e. The van der Waals surface area contributed by atoms with Crippen molar-refractivity contribution in [2.75, 3.05) is 6.61 Å². The lowest BCUT2D eigenvalue weighted by Crippen LogP contribution is -2.31. The predicted molar refractivity (Wildman–Crippen MR) is 60.6 cm³/mol. The molecule has 0 amide bonds. The number of ether oxygens (including phenoxy) is 1. The summed E-state index contributed by atoms with van der Waals surface area (Å²) in [6.45, 7) is 0.483.